The molecule has 14 heavy (non-hydrogen) atoms. The number of hydrogen-bond acceptors (Lipinski definition) is 3. The van der Waals surface area contributed by atoms with Gasteiger partial charge in [-0.2, -0.15) is 0 Å². The highest BCUT2D eigenvalue weighted by molar-refractivity contribution is 5.21. The van der Waals surface area contributed by atoms with Crippen LogP contribution in [0.4, 0.5) is 0 Å². The van der Waals surface area contributed by atoms with Gasteiger partial charge < -0.3 is 5.11 Å². The van der Waals surface area contributed by atoms with Crippen LogP contribution in [0.2, 0.25) is 0 Å². The summed E-state index contributed by atoms with van der Waals surface area (Å²) in [6.07, 6.45) is 0. The van der Waals surface area contributed by atoms with E-state index in [1.54, 1.807) is 6.92 Å². The van der Waals surface area contributed by atoms with Gasteiger partial charge >= 0.3 is 0 Å². The third-order valence-corrected chi connectivity index (χ3v) is 2.07. The van der Waals surface area contributed by atoms with Gasteiger partial charge in [0.1, 0.15) is 5.60 Å². The molecule has 4 nitrogen and oxygen atoms in total. The Morgan fingerprint density at radius 3 is 2.50 bits per heavy atom. The highest BCUT2D eigenvalue weighted by atomic mass is 16.3. The molecule has 1 N–H and O–H groups in total. The monoisotopic (exact) mass is 194 g/mol. The molecule has 0 amide bonds. The first-order valence-electron chi connectivity index (χ1n) is 4.38. The van der Waals surface area contributed by atoms with Crippen molar-refractivity contribution in [3.05, 3.63) is 40.8 Å². The van der Waals surface area contributed by atoms with Crippen molar-refractivity contribution in [3.8, 4) is 0 Å². The molecule has 0 bridgehead atoms. The summed E-state index contributed by atoms with van der Waals surface area (Å²) in [5.74, 6) is 0. The van der Waals surface area contributed by atoms with E-state index in [1.807, 2.05) is 30.3 Å². The summed E-state index contributed by atoms with van der Waals surface area (Å²) in [6.45, 7) is 1.84. The van der Waals surface area contributed by atoms with E-state index < -0.39 is 5.60 Å². The molecule has 1 rings (SSSR count). The van der Waals surface area contributed by atoms with Crippen molar-refractivity contribution in [3.63, 3.8) is 0 Å². The predicted molar refractivity (Wildman–Crippen MR) is 54.4 cm³/mol. The lowest BCUT2D eigenvalue weighted by atomic mass is 9.96. The van der Waals surface area contributed by atoms with Crippen molar-refractivity contribution in [2.45, 2.75) is 12.5 Å². The fraction of sp³-hybridized carbons (Fsp3) is 0.400. The summed E-state index contributed by atoms with van der Waals surface area (Å²) >= 11 is 0. The van der Waals surface area contributed by atoms with Crippen LogP contribution >= 0.6 is 0 Å². The summed E-state index contributed by atoms with van der Waals surface area (Å²) in [5, 5.41) is 13.9. The van der Waals surface area contributed by atoms with E-state index in [1.165, 1.54) is 12.1 Å². The molecule has 1 atom stereocenters. The van der Waals surface area contributed by atoms with Crippen molar-refractivity contribution in [1.82, 2.24) is 5.01 Å². The standard InChI is InChI=1S/C10H14N2O2/c1-10(13,8-12(2)11-14)9-6-4-3-5-7-9/h3-7,13H,8H2,1-2H3. The lowest BCUT2D eigenvalue weighted by Crippen LogP contribution is -2.33. The van der Waals surface area contributed by atoms with Crippen molar-refractivity contribution < 1.29 is 5.11 Å². The predicted octanol–water partition coefficient (Wildman–Crippen LogP) is 1.51. The Morgan fingerprint density at radius 1 is 1.43 bits per heavy atom. The van der Waals surface area contributed by atoms with Crippen molar-refractivity contribution in [2.75, 3.05) is 13.6 Å². The van der Waals surface area contributed by atoms with E-state index in [4.69, 9.17) is 0 Å². The molecule has 0 spiro atoms. The van der Waals surface area contributed by atoms with E-state index in [-0.39, 0.29) is 6.54 Å². The van der Waals surface area contributed by atoms with E-state index in [9.17, 15) is 10.0 Å². The molecule has 0 aliphatic heterocycles. The van der Waals surface area contributed by atoms with E-state index in [2.05, 4.69) is 5.29 Å². The normalized spacial score (nSPS) is 14.5. The maximum absolute atomic E-state index is 10.2. The summed E-state index contributed by atoms with van der Waals surface area (Å²) in [6, 6.07) is 9.20. The second kappa shape index (κ2) is 4.19. The molecule has 0 aliphatic carbocycles. The Bertz CT molecular complexity index is 298. The number of benzene rings is 1. The number of nitroso groups, excluding NO2 is 1. The van der Waals surface area contributed by atoms with Crippen LogP contribution in [0.1, 0.15) is 12.5 Å². The number of rotatable bonds is 4. The molecule has 0 saturated carbocycles. The van der Waals surface area contributed by atoms with Gasteiger partial charge in [0.2, 0.25) is 0 Å². The third-order valence-electron chi connectivity index (χ3n) is 2.07. The van der Waals surface area contributed by atoms with Gasteiger partial charge in [-0.15, -0.1) is 4.91 Å². The van der Waals surface area contributed by atoms with E-state index in [0.29, 0.717) is 0 Å². The molecular formula is C10H14N2O2. The van der Waals surface area contributed by atoms with E-state index >= 15 is 0 Å². The Balaban J connectivity index is 2.80. The van der Waals surface area contributed by atoms with Gasteiger partial charge in [0.05, 0.1) is 11.8 Å². The molecule has 4 heteroatoms. The first-order valence-corrected chi connectivity index (χ1v) is 4.38. The average molecular weight is 194 g/mol. The first-order chi connectivity index (χ1) is 6.56. The van der Waals surface area contributed by atoms with Gasteiger partial charge in [-0.25, -0.2) is 0 Å². The van der Waals surface area contributed by atoms with Gasteiger partial charge in [-0.05, 0) is 12.5 Å². The summed E-state index contributed by atoms with van der Waals surface area (Å²) in [4.78, 5) is 10.2. The third kappa shape index (κ3) is 2.53. The molecule has 0 radical (unpaired) electrons. The zero-order valence-corrected chi connectivity index (χ0v) is 8.34. The second-order valence-corrected chi connectivity index (χ2v) is 3.54. The molecule has 1 aromatic carbocycles. The average Bonchev–Trinajstić information content (AvgIpc) is 2.18. The van der Waals surface area contributed by atoms with Crippen molar-refractivity contribution in [1.29, 1.82) is 0 Å². The number of likely N-dealkylation sites (N-methyl/N-ethyl adjacent to an activating group) is 1. The molecule has 0 aliphatic rings. The maximum Gasteiger partial charge on any atom is 0.106 e. The zero-order chi connectivity index (χ0) is 10.6. The second-order valence-electron chi connectivity index (χ2n) is 3.54. The van der Waals surface area contributed by atoms with Gasteiger partial charge in [-0.1, -0.05) is 30.3 Å². The summed E-state index contributed by atoms with van der Waals surface area (Å²) in [7, 11) is 1.53. The smallest absolute Gasteiger partial charge is 0.106 e. The van der Waals surface area contributed by atoms with Crippen LogP contribution in [0.15, 0.2) is 35.6 Å². The maximum atomic E-state index is 10.2. The van der Waals surface area contributed by atoms with Gasteiger partial charge in [0.25, 0.3) is 0 Å². The minimum absolute atomic E-state index is 0.181. The lowest BCUT2D eigenvalue weighted by Gasteiger charge is -2.26. The zero-order valence-electron chi connectivity index (χ0n) is 8.34. The highest BCUT2D eigenvalue weighted by Gasteiger charge is 2.24. The molecule has 1 aromatic rings. The molecule has 0 fully saturated rings. The SMILES string of the molecule is CN(CC(C)(O)c1ccccc1)N=O. The van der Waals surface area contributed by atoms with Crippen LogP contribution < -0.4 is 0 Å². The molecule has 76 valence electrons. The summed E-state index contributed by atoms with van der Waals surface area (Å²) < 4.78 is 0. The number of aliphatic hydroxyl groups is 1. The topological polar surface area (TPSA) is 52.9 Å². The van der Waals surface area contributed by atoms with Crippen molar-refractivity contribution in [2.24, 2.45) is 5.29 Å². The molecule has 0 aromatic heterocycles. The molecule has 0 saturated heterocycles. The largest absolute Gasteiger partial charge is 0.384 e. The van der Waals surface area contributed by atoms with Gasteiger partial charge in [-0.3, -0.25) is 5.01 Å². The van der Waals surface area contributed by atoms with Crippen LogP contribution in [0, 0.1) is 4.91 Å². The number of nitrogens with zero attached hydrogens (tertiary/aromatic N) is 2. The Hall–Kier alpha value is -1.42. The van der Waals surface area contributed by atoms with Crippen LogP contribution in [-0.2, 0) is 5.60 Å². The fourth-order valence-corrected chi connectivity index (χ4v) is 1.36. The Morgan fingerprint density at radius 2 is 2.00 bits per heavy atom. The number of hydrogen-bond donors (Lipinski definition) is 1. The molecule has 1 unspecified atom stereocenters. The Kier molecular flexibility index (Phi) is 3.19. The summed E-state index contributed by atoms with van der Waals surface area (Å²) in [5.41, 5.74) is -0.278. The Labute approximate surface area is 83.1 Å². The lowest BCUT2D eigenvalue weighted by molar-refractivity contribution is 0.0236. The van der Waals surface area contributed by atoms with Gasteiger partial charge in [0.15, 0.2) is 0 Å². The minimum atomic E-state index is -1.05. The van der Waals surface area contributed by atoms with Crippen LogP contribution in [0.3, 0.4) is 0 Å². The first kappa shape index (κ1) is 10.7. The molecular weight excluding hydrogens is 180 g/mol. The quantitative estimate of drug-likeness (QED) is 0.584. The van der Waals surface area contributed by atoms with Crippen LogP contribution in [0.25, 0.3) is 0 Å². The minimum Gasteiger partial charge on any atom is -0.384 e. The van der Waals surface area contributed by atoms with Crippen LogP contribution in [0.5, 0.6) is 0 Å². The van der Waals surface area contributed by atoms with Crippen molar-refractivity contribution >= 4 is 0 Å². The van der Waals surface area contributed by atoms with Gasteiger partial charge in [0, 0.05) is 7.05 Å². The fourth-order valence-electron chi connectivity index (χ4n) is 1.36. The molecule has 0 heterocycles. The highest BCUT2D eigenvalue weighted by Crippen LogP contribution is 2.20. The van der Waals surface area contributed by atoms with Crippen LogP contribution in [-0.4, -0.2) is 23.7 Å². The van der Waals surface area contributed by atoms with E-state index in [0.717, 1.165) is 5.56 Å².